The van der Waals surface area contributed by atoms with Crippen molar-refractivity contribution in [2.75, 3.05) is 25.0 Å². The summed E-state index contributed by atoms with van der Waals surface area (Å²) < 4.78 is 0. The molecule has 1 N–H and O–H groups in total. The molecule has 100 valence electrons. The van der Waals surface area contributed by atoms with E-state index in [2.05, 4.69) is 41.3 Å². The Hall–Kier alpha value is -1.09. The molecule has 0 atom stereocenters. The van der Waals surface area contributed by atoms with Crippen LogP contribution >= 0.6 is 0 Å². The summed E-state index contributed by atoms with van der Waals surface area (Å²) in [4.78, 5) is 6.80. The van der Waals surface area contributed by atoms with Gasteiger partial charge in [-0.1, -0.05) is 19.8 Å². The molecular formula is C15H25N3. The average molecular weight is 247 g/mol. The first-order valence-electron chi connectivity index (χ1n) is 7.16. The van der Waals surface area contributed by atoms with Gasteiger partial charge in [-0.15, -0.1) is 0 Å². The molecule has 0 spiro atoms. The number of pyridine rings is 1. The van der Waals surface area contributed by atoms with Gasteiger partial charge in [-0.25, -0.2) is 4.98 Å². The smallest absolute Gasteiger partial charge is 0.128 e. The lowest BCUT2D eigenvalue weighted by atomic mass is 10.1. The van der Waals surface area contributed by atoms with E-state index in [1.807, 2.05) is 6.20 Å². The SMILES string of the molecule is CCNCc1ccnc(N(C)CC2CCCC2)c1. The molecule has 3 heteroatoms. The summed E-state index contributed by atoms with van der Waals surface area (Å²) in [6.07, 6.45) is 7.52. The molecule has 0 amide bonds. The van der Waals surface area contributed by atoms with Gasteiger partial charge in [0.25, 0.3) is 0 Å². The van der Waals surface area contributed by atoms with Gasteiger partial charge in [-0.2, -0.15) is 0 Å². The van der Waals surface area contributed by atoms with Crippen molar-refractivity contribution in [3.8, 4) is 0 Å². The molecule has 0 aliphatic heterocycles. The van der Waals surface area contributed by atoms with E-state index in [9.17, 15) is 0 Å². The highest BCUT2D eigenvalue weighted by atomic mass is 15.2. The first-order chi connectivity index (χ1) is 8.79. The third-order valence-electron chi connectivity index (χ3n) is 3.79. The largest absolute Gasteiger partial charge is 0.359 e. The molecule has 1 aliphatic rings. The second-order valence-electron chi connectivity index (χ2n) is 5.33. The lowest BCUT2D eigenvalue weighted by molar-refractivity contribution is 0.545. The molecule has 0 aromatic carbocycles. The molecule has 0 radical (unpaired) electrons. The highest BCUT2D eigenvalue weighted by Gasteiger charge is 2.17. The molecule has 3 nitrogen and oxygen atoms in total. The van der Waals surface area contributed by atoms with E-state index in [1.54, 1.807) is 0 Å². The van der Waals surface area contributed by atoms with Crippen LogP contribution in [0.15, 0.2) is 18.3 Å². The number of hydrogen-bond acceptors (Lipinski definition) is 3. The van der Waals surface area contributed by atoms with Crippen molar-refractivity contribution < 1.29 is 0 Å². The van der Waals surface area contributed by atoms with E-state index >= 15 is 0 Å². The Morgan fingerprint density at radius 3 is 2.89 bits per heavy atom. The fourth-order valence-corrected chi connectivity index (χ4v) is 2.72. The molecule has 0 saturated heterocycles. The molecule has 1 aromatic rings. The number of hydrogen-bond donors (Lipinski definition) is 1. The van der Waals surface area contributed by atoms with Crippen molar-refractivity contribution in [1.82, 2.24) is 10.3 Å². The molecule has 1 heterocycles. The van der Waals surface area contributed by atoms with E-state index in [-0.39, 0.29) is 0 Å². The van der Waals surface area contributed by atoms with Crippen LogP contribution in [0, 0.1) is 5.92 Å². The summed E-state index contributed by atoms with van der Waals surface area (Å²) >= 11 is 0. The first-order valence-corrected chi connectivity index (χ1v) is 7.16. The second-order valence-corrected chi connectivity index (χ2v) is 5.33. The Morgan fingerprint density at radius 2 is 2.17 bits per heavy atom. The Morgan fingerprint density at radius 1 is 1.39 bits per heavy atom. The molecule has 0 bridgehead atoms. The van der Waals surface area contributed by atoms with Crippen LogP contribution in [0.2, 0.25) is 0 Å². The standard InChI is InChI=1S/C15H25N3/c1-3-16-11-14-8-9-17-15(10-14)18(2)12-13-6-4-5-7-13/h8-10,13,16H,3-7,11-12H2,1-2H3. The number of nitrogens with one attached hydrogen (secondary N) is 1. The zero-order chi connectivity index (χ0) is 12.8. The van der Waals surface area contributed by atoms with Crippen molar-refractivity contribution in [2.24, 2.45) is 5.92 Å². The van der Waals surface area contributed by atoms with Crippen LogP contribution in [0.3, 0.4) is 0 Å². The lowest BCUT2D eigenvalue weighted by Crippen LogP contribution is -2.25. The molecule has 18 heavy (non-hydrogen) atoms. The highest BCUT2D eigenvalue weighted by Crippen LogP contribution is 2.26. The van der Waals surface area contributed by atoms with Gasteiger partial charge in [0.2, 0.25) is 0 Å². The summed E-state index contributed by atoms with van der Waals surface area (Å²) in [7, 11) is 2.16. The molecule has 1 aliphatic carbocycles. The van der Waals surface area contributed by atoms with Gasteiger partial charge in [0.1, 0.15) is 5.82 Å². The molecule has 1 saturated carbocycles. The van der Waals surface area contributed by atoms with E-state index in [4.69, 9.17) is 0 Å². The third kappa shape index (κ3) is 3.70. The Balaban J connectivity index is 1.93. The summed E-state index contributed by atoms with van der Waals surface area (Å²) in [6, 6.07) is 4.30. The Labute approximate surface area is 111 Å². The molecule has 2 rings (SSSR count). The predicted molar refractivity (Wildman–Crippen MR) is 76.8 cm³/mol. The first kappa shape index (κ1) is 13.3. The van der Waals surface area contributed by atoms with Gasteiger partial charge in [-0.3, -0.25) is 0 Å². The summed E-state index contributed by atoms with van der Waals surface area (Å²) in [6.45, 7) is 5.23. The highest BCUT2D eigenvalue weighted by molar-refractivity contribution is 5.40. The van der Waals surface area contributed by atoms with Crippen LogP contribution in [0.25, 0.3) is 0 Å². The number of rotatable bonds is 6. The summed E-state index contributed by atoms with van der Waals surface area (Å²) in [5.41, 5.74) is 1.32. The Bertz CT molecular complexity index is 359. The van der Waals surface area contributed by atoms with Gasteiger partial charge in [0.05, 0.1) is 0 Å². The van der Waals surface area contributed by atoms with Gasteiger partial charge in [0.15, 0.2) is 0 Å². The minimum absolute atomic E-state index is 0.870. The van der Waals surface area contributed by atoms with Gasteiger partial charge in [-0.05, 0) is 43.0 Å². The fourth-order valence-electron chi connectivity index (χ4n) is 2.72. The molecule has 1 fully saturated rings. The number of anilines is 1. The van der Waals surface area contributed by atoms with Gasteiger partial charge in [0, 0.05) is 26.3 Å². The lowest BCUT2D eigenvalue weighted by Gasteiger charge is -2.22. The number of nitrogens with zero attached hydrogens (tertiary/aromatic N) is 2. The average Bonchev–Trinajstić information content (AvgIpc) is 2.89. The van der Waals surface area contributed by atoms with Crippen LogP contribution in [-0.4, -0.2) is 25.1 Å². The maximum absolute atomic E-state index is 4.49. The van der Waals surface area contributed by atoms with Crippen molar-refractivity contribution in [1.29, 1.82) is 0 Å². The van der Waals surface area contributed by atoms with Crippen LogP contribution < -0.4 is 10.2 Å². The van der Waals surface area contributed by atoms with Crippen LogP contribution in [0.4, 0.5) is 5.82 Å². The van der Waals surface area contributed by atoms with E-state index in [0.29, 0.717) is 0 Å². The molecule has 0 unspecified atom stereocenters. The second kappa shape index (κ2) is 6.74. The van der Waals surface area contributed by atoms with Crippen molar-refractivity contribution in [3.05, 3.63) is 23.9 Å². The van der Waals surface area contributed by atoms with Crippen molar-refractivity contribution in [3.63, 3.8) is 0 Å². The normalized spacial score (nSPS) is 16.1. The van der Waals surface area contributed by atoms with Crippen LogP contribution in [0.1, 0.15) is 38.2 Å². The zero-order valence-corrected chi connectivity index (χ0v) is 11.7. The van der Waals surface area contributed by atoms with Crippen LogP contribution in [0.5, 0.6) is 0 Å². The summed E-state index contributed by atoms with van der Waals surface area (Å²) in [5.74, 6) is 1.98. The molecular weight excluding hydrogens is 222 g/mol. The molecule has 1 aromatic heterocycles. The zero-order valence-electron chi connectivity index (χ0n) is 11.7. The van der Waals surface area contributed by atoms with Crippen LogP contribution in [-0.2, 0) is 6.54 Å². The fraction of sp³-hybridized carbons (Fsp3) is 0.667. The number of aromatic nitrogens is 1. The van der Waals surface area contributed by atoms with Crippen molar-refractivity contribution >= 4 is 5.82 Å². The Kier molecular flexibility index (Phi) is 5.00. The topological polar surface area (TPSA) is 28.2 Å². The van der Waals surface area contributed by atoms with E-state index in [1.165, 1.54) is 31.2 Å². The quantitative estimate of drug-likeness (QED) is 0.838. The van der Waals surface area contributed by atoms with E-state index in [0.717, 1.165) is 31.4 Å². The van der Waals surface area contributed by atoms with Crippen molar-refractivity contribution in [2.45, 2.75) is 39.2 Å². The van der Waals surface area contributed by atoms with E-state index < -0.39 is 0 Å². The maximum atomic E-state index is 4.49. The monoisotopic (exact) mass is 247 g/mol. The van der Waals surface area contributed by atoms with Gasteiger partial charge >= 0.3 is 0 Å². The summed E-state index contributed by atoms with van der Waals surface area (Å²) in [5, 5.41) is 3.36. The van der Waals surface area contributed by atoms with Gasteiger partial charge < -0.3 is 10.2 Å². The third-order valence-corrected chi connectivity index (χ3v) is 3.79. The minimum Gasteiger partial charge on any atom is -0.359 e. The predicted octanol–water partition coefficient (Wildman–Crippen LogP) is 2.82. The minimum atomic E-state index is 0.870. The maximum Gasteiger partial charge on any atom is 0.128 e.